The van der Waals surface area contributed by atoms with Crippen LogP contribution in [0.5, 0.6) is 0 Å². The number of nitrogens with one attached hydrogen (secondary N) is 1. The molecule has 5 nitrogen and oxygen atoms in total. The van der Waals surface area contributed by atoms with E-state index >= 15 is 0 Å². The molecule has 6 heteroatoms. The van der Waals surface area contributed by atoms with Crippen LogP contribution in [-0.2, 0) is 4.79 Å². The first-order valence-electron chi connectivity index (χ1n) is 4.74. The van der Waals surface area contributed by atoms with Gasteiger partial charge in [0.2, 0.25) is 5.91 Å². The lowest BCUT2D eigenvalue weighted by atomic mass is 10.2. The van der Waals surface area contributed by atoms with Crippen LogP contribution in [0.2, 0.25) is 0 Å². The molecule has 1 amide bonds. The third kappa shape index (κ3) is 3.30. The maximum atomic E-state index is 11.5. The second-order valence-corrected chi connectivity index (χ2v) is 4.28. The summed E-state index contributed by atoms with van der Waals surface area (Å²) in [5, 5.41) is 13.1. The minimum absolute atomic E-state index is 0.0413. The van der Waals surface area contributed by atoms with Gasteiger partial charge in [-0.2, -0.15) is 0 Å². The minimum Gasteiger partial charge on any atom is -0.325 e. The van der Waals surface area contributed by atoms with Gasteiger partial charge in [0.15, 0.2) is 0 Å². The summed E-state index contributed by atoms with van der Waals surface area (Å²) in [6, 6.07) is 5.84. The molecule has 0 fully saturated rings. The molecule has 1 aromatic rings. The minimum atomic E-state index is -0.499. The number of carbonyl (C=O) groups is 1. The summed E-state index contributed by atoms with van der Waals surface area (Å²) in [5.41, 5.74) is 0.387. The molecule has 1 atom stereocenters. The van der Waals surface area contributed by atoms with Crippen molar-refractivity contribution in [2.45, 2.75) is 18.2 Å². The Morgan fingerprint density at radius 2 is 2.31 bits per heavy atom. The molecule has 86 valence electrons. The van der Waals surface area contributed by atoms with Gasteiger partial charge < -0.3 is 5.32 Å². The maximum Gasteiger partial charge on any atom is 0.271 e. The van der Waals surface area contributed by atoms with Crippen molar-refractivity contribution in [3.8, 4) is 0 Å². The number of nitro benzene ring substituents is 1. The van der Waals surface area contributed by atoms with Gasteiger partial charge in [-0.15, -0.1) is 0 Å². The van der Waals surface area contributed by atoms with Crippen LogP contribution in [-0.4, -0.2) is 15.7 Å². The highest BCUT2D eigenvalue weighted by atomic mass is 79.9. The number of hydrogen-bond acceptors (Lipinski definition) is 3. The number of hydrogen-bond donors (Lipinski definition) is 1. The summed E-state index contributed by atoms with van der Waals surface area (Å²) in [7, 11) is 0. The van der Waals surface area contributed by atoms with E-state index in [0.29, 0.717) is 12.1 Å². The Labute approximate surface area is 101 Å². The van der Waals surface area contributed by atoms with Gasteiger partial charge in [-0.05, 0) is 12.5 Å². The van der Waals surface area contributed by atoms with Crippen molar-refractivity contribution in [2.75, 3.05) is 5.32 Å². The van der Waals surface area contributed by atoms with Gasteiger partial charge in [-0.1, -0.05) is 28.9 Å². The topological polar surface area (TPSA) is 72.2 Å². The SMILES string of the molecule is CCC(Br)C(=O)Nc1cccc([N+](=O)[O-])c1. The van der Waals surface area contributed by atoms with E-state index in [4.69, 9.17) is 0 Å². The lowest BCUT2D eigenvalue weighted by Crippen LogP contribution is -2.21. The Balaban J connectivity index is 2.78. The van der Waals surface area contributed by atoms with E-state index in [1.165, 1.54) is 18.2 Å². The highest BCUT2D eigenvalue weighted by Gasteiger charge is 2.13. The first kappa shape index (κ1) is 12.6. The highest BCUT2D eigenvalue weighted by molar-refractivity contribution is 9.10. The van der Waals surface area contributed by atoms with Crippen LogP contribution in [0.15, 0.2) is 24.3 Å². The van der Waals surface area contributed by atoms with Gasteiger partial charge >= 0.3 is 0 Å². The predicted molar refractivity (Wildman–Crippen MR) is 64.7 cm³/mol. The highest BCUT2D eigenvalue weighted by Crippen LogP contribution is 2.18. The second kappa shape index (κ2) is 5.60. The van der Waals surface area contributed by atoms with Gasteiger partial charge in [-0.25, -0.2) is 0 Å². The molecular formula is C10H11BrN2O3. The van der Waals surface area contributed by atoms with Crippen molar-refractivity contribution in [3.63, 3.8) is 0 Å². The van der Waals surface area contributed by atoms with Crippen molar-refractivity contribution in [1.82, 2.24) is 0 Å². The van der Waals surface area contributed by atoms with Crippen LogP contribution < -0.4 is 5.32 Å². The summed E-state index contributed by atoms with van der Waals surface area (Å²) in [5.74, 6) is -0.206. The fraction of sp³-hybridized carbons (Fsp3) is 0.300. The summed E-state index contributed by atoms with van der Waals surface area (Å²) in [6.07, 6.45) is 0.654. The predicted octanol–water partition coefficient (Wildman–Crippen LogP) is 2.71. The number of benzene rings is 1. The normalized spacial score (nSPS) is 11.9. The van der Waals surface area contributed by atoms with E-state index in [1.807, 2.05) is 6.92 Å². The number of halogens is 1. The molecule has 0 aliphatic heterocycles. The zero-order chi connectivity index (χ0) is 12.1. The van der Waals surface area contributed by atoms with Crippen LogP contribution in [0, 0.1) is 10.1 Å². The van der Waals surface area contributed by atoms with Crippen molar-refractivity contribution in [1.29, 1.82) is 0 Å². The first-order chi connectivity index (χ1) is 7.54. The van der Waals surface area contributed by atoms with Crippen molar-refractivity contribution < 1.29 is 9.72 Å². The number of rotatable bonds is 4. The Morgan fingerprint density at radius 3 is 2.88 bits per heavy atom. The molecule has 16 heavy (non-hydrogen) atoms. The Kier molecular flexibility index (Phi) is 4.42. The van der Waals surface area contributed by atoms with E-state index in [1.54, 1.807) is 6.07 Å². The largest absolute Gasteiger partial charge is 0.325 e. The number of anilines is 1. The van der Waals surface area contributed by atoms with Crippen LogP contribution in [0.1, 0.15) is 13.3 Å². The third-order valence-corrected chi connectivity index (χ3v) is 3.03. The van der Waals surface area contributed by atoms with Gasteiger partial charge in [0.05, 0.1) is 9.75 Å². The molecule has 0 aromatic heterocycles. The molecule has 1 rings (SSSR count). The van der Waals surface area contributed by atoms with E-state index in [0.717, 1.165) is 0 Å². The number of nitro groups is 1. The van der Waals surface area contributed by atoms with E-state index < -0.39 is 4.92 Å². The molecule has 1 aromatic carbocycles. The fourth-order valence-electron chi connectivity index (χ4n) is 1.10. The van der Waals surface area contributed by atoms with Crippen molar-refractivity contribution in [3.05, 3.63) is 34.4 Å². The van der Waals surface area contributed by atoms with Crippen LogP contribution in [0.25, 0.3) is 0 Å². The molecule has 0 aliphatic rings. The molecule has 0 saturated heterocycles. The van der Waals surface area contributed by atoms with Gasteiger partial charge in [0, 0.05) is 17.8 Å². The van der Waals surface area contributed by atoms with Gasteiger partial charge in [-0.3, -0.25) is 14.9 Å². The number of alkyl halides is 1. The Hall–Kier alpha value is -1.43. The van der Waals surface area contributed by atoms with E-state index in [9.17, 15) is 14.9 Å². The molecule has 1 unspecified atom stereocenters. The van der Waals surface area contributed by atoms with Gasteiger partial charge in [0.25, 0.3) is 5.69 Å². The molecule has 1 N–H and O–H groups in total. The molecular weight excluding hydrogens is 276 g/mol. The molecule has 0 saturated carbocycles. The number of carbonyl (C=O) groups excluding carboxylic acids is 1. The molecule has 0 spiro atoms. The monoisotopic (exact) mass is 286 g/mol. The summed E-state index contributed by atoms with van der Waals surface area (Å²) >= 11 is 3.20. The number of non-ortho nitro benzene ring substituents is 1. The summed E-state index contributed by atoms with van der Waals surface area (Å²) in [4.78, 5) is 21.2. The smallest absolute Gasteiger partial charge is 0.271 e. The van der Waals surface area contributed by atoms with E-state index in [2.05, 4.69) is 21.2 Å². The quantitative estimate of drug-likeness (QED) is 0.525. The summed E-state index contributed by atoms with van der Waals surface area (Å²) in [6.45, 7) is 1.87. The average Bonchev–Trinajstić information content (AvgIpc) is 2.28. The molecule has 0 aliphatic carbocycles. The van der Waals surface area contributed by atoms with E-state index in [-0.39, 0.29) is 16.4 Å². The lowest BCUT2D eigenvalue weighted by Gasteiger charge is -2.08. The number of amides is 1. The maximum absolute atomic E-state index is 11.5. The van der Waals surface area contributed by atoms with Crippen LogP contribution >= 0.6 is 15.9 Å². The van der Waals surface area contributed by atoms with Gasteiger partial charge in [0.1, 0.15) is 0 Å². The standard InChI is InChI=1S/C10H11BrN2O3/c1-2-9(11)10(14)12-7-4-3-5-8(6-7)13(15)16/h3-6,9H,2H2,1H3,(H,12,14). The molecule has 0 heterocycles. The van der Waals surface area contributed by atoms with Crippen LogP contribution in [0.4, 0.5) is 11.4 Å². The Morgan fingerprint density at radius 1 is 1.62 bits per heavy atom. The molecule has 0 radical (unpaired) electrons. The zero-order valence-electron chi connectivity index (χ0n) is 8.64. The van der Waals surface area contributed by atoms with Crippen molar-refractivity contribution in [2.24, 2.45) is 0 Å². The Bertz CT molecular complexity index is 409. The van der Waals surface area contributed by atoms with Crippen LogP contribution in [0.3, 0.4) is 0 Å². The summed E-state index contributed by atoms with van der Waals surface area (Å²) < 4.78 is 0. The lowest BCUT2D eigenvalue weighted by molar-refractivity contribution is -0.384. The fourth-order valence-corrected chi connectivity index (χ4v) is 1.22. The average molecular weight is 287 g/mol. The van der Waals surface area contributed by atoms with Crippen molar-refractivity contribution >= 4 is 33.2 Å². The second-order valence-electron chi connectivity index (χ2n) is 3.17. The zero-order valence-corrected chi connectivity index (χ0v) is 10.2. The molecule has 0 bridgehead atoms. The number of nitrogens with zero attached hydrogens (tertiary/aromatic N) is 1. The third-order valence-electron chi connectivity index (χ3n) is 1.97. The first-order valence-corrected chi connectivity index (χ1v) is 5.65.